The molecule has 116 valence electrons. The van der Waals surface area contributed by atoms with E-state index in [-0.39, 0.29) is 22.7 Å². The maximum absolute atomic E-state index is 12.6. The van der Waals surface area contributed by atoms with Gasteiger partial charge < -0.3 is 4.90 Å². The first-order chi connectivity index (χ1) is 9.69. The van der Waals surface area contributed by atoms with Crippen LogP contribution in [0.5, 0.6) is 0 Å². The highest BCUT2D eigenvalue weighted by Gasteiger charge is 2.41. The summed E-state index contributed by atoms with van der Waals surface area (Å²) in [7, 11) is 0. The predicted octanol–water partition coefficient (Wildman–Crippen LogP) is 3.42. The summed E-state index contributed by atoms with van der Waals surface area (Å²) < 4.78 is 37.9. The molecule has 4 nitrogen and oxygen atoms in total. The van der Waals surface area contributed by atoms with Crippen molar-refractivity contribution in [1.82, 2.24) is 14.9 Å². The van der Waals surface area contributed by atoms with E-state index in [9.17, 15) is 18.0 Å². The van der Waals surface area contributed by atoms with E-state index in [1.165, 1.54) is 6.20 Å². The Morgan fingerprint density at radius 3 is 2.57 bits per heavy atom. The zero-order valence-electron chi connectivity index (χ0n) is 11.6. The molecule has 0 unspecified atom stereocenters. The van der Waals surface area contributed by atoms with Crippen LogP contribution in [0.1, 0.15) is 48.9 Å². The second-order valence-electron chi connectivity index (χ2n) is 5.36. The maximum atomic E-state index is 12.6. The van der Waals surface area contributed by atoms with Crippen LogP contribution in [0, 0.1) is 0 Å². The van der Waals surface area contributed by atoms with E-state index >= 15 is 0 Å². The molecule has 1 amide bonds. The summed E-state index contributed by atoms with van der Waals surface area (Å²) in [6.07, 6.45) is -2.04. The lowest BCUT2D eigenvalue weighted by molar-refractivity contribution is -0.141. The SMILES string of the molecule is CC(C)c1ncc(Cl)c(C(=O)N(CC(F)(F)F)C2CC2)n1. The number of nitrogens with zero attached hydrogens (tertiary/aromatic N) is 3. The molecule has 2 rings (SSSR count). The van der Waals surface area contributed by atoms with Gasteiger partial charge in [-0.3, -0.25) is 4.79 Å². The molecule has 8 heteroatoms. The van der Waals surface area contributed by atoms with Crippen molar-refractivity contribution < 1.29 is 18.0 Å². The van der Waals surface area contributed by atoms with Crippen LogP contribution in [0.4, 0.5) is 13.2 Å². The van der Waals surface area contributed by atoms with Crippen molar-refractivity contribution in [2.24, 2.45) is 0 Å². The molecule has 1 aromatic rings. The molecule has 0 aromatic carbocycles. The Morgan fingerprint density at radius 2 is 2.10 bits per heavy atom. The Balaban J connectivity index is 2.30. The van der Waals surface area contributed by atoms with Crippen LogP contribution < -0.4 is 0 Å². The number of amides is 1. The number of rotatable bonds is 4. The molecule has 0 bridgehead atoms. The fourth-order valence-electron chi connectivity index (χ4n) is 1.89. The summed E-state index contributed by atoms with van der Waals surface area (Å²) in [4.78, 5) is 21.2. The molecule has 1 aromatic heterocycles. The van der Waals surface area contributed by atoms with Crippen molar-refractivity contribution in [3.8, 4) is 0 Å². The number of halogens is 4. The van der Waals surface area contributed by atoms with Gasteiger partial charge in [0.05, 0.1) is 11.2 Å². The van der Waals surface area contributed by atoms with Crippen molar-refractivity contribution in [3.63, 3.8) is 0 Å². The summed E-state index contributed by atoms with van der Waals surface area (Å²) in [5, 5.41) is -0.0303. The number of alkyl halides is 3. The average molecular weight is 322 g/mol. The van der Waals surface area contributed by atoms with Gasteiger partial charge in [-0.1, -0.05) is 25.4 Å². The normalized spacial score (nSPS) is 15.4. The first-order valence-corrected chi connectivity index (χ1v) is 6.97. The van der Waals surface area contributed by atoms with Crippen molar-refractivity contribution in [2.45, 2.75) is 44.8 Å². The zero-order chi connectivity index (χ0) is 15.8. The van der Waals surface area contributed by atoms with Crippen LogP contribution in [0.2, 0.25) is 5.02 Å². The molecule has 1 saturated carbocycles. The maximum Gasteiger partial charge on any atom is 0.406 e. The van der Waals surface area contributed by atoms with Crippen molar-refractivity contribution in [1.29, 1.82) is 0 Å². The molecular weight excluding hydrogens is 307 g/mol. The number of aromatic nitrogens is 2. The Hall–Kier alpha value is -1.37. The van der Waals surface area contributed by atoms with Gasteiger partial charge >= 0.3 is 6.18 Å². The molecule has 0 atom stereocenters. The minimum absolute atomic E-state index is 0.0303. The first kappa shape index (κ1) is 16.0. The molecule has 0 N–H and O–H groups in total. The van der Waals surface area contributed by atoms with E-state index in [4.69, 9.17) is 11.6 Å². The summed E-state index contributed by atoms with van der Waals surface area (Å²) in [6, 6.07) is -0.382. The van der Waals surface area contributed by atoms with Gasteiger partial charge in [-0.2, -0.15) is 13.2 Å². The molecule has 1 fully saturated rings. The van der Waals surface area contributed by atoms with E-state index in [1.54, 1.807) is 0 Å². The molecule has 0 radical (unpaired) electrons. The highest BCUT2D eigenvalue weighted by atomic mass is 35.5. The monoisotopic (exact) mass is 321 g/mol. The standard InChI is InChI=1S/C13H15ClF3N3O/c1-7(2)11-18-5-9(14)10(19-11)12(21)20(8-3-4-8)6-13(15,16)17/h5,7-8H,3-4,6H2,1-2H3. The lowest BCUT2D eigenvalue weighted by Gasteiger charge is -2.23. The summed E-state index contributed by atoms with van der Waals surface area (Å²) in [5.41, 5.74) is -0.161. The van der Waals surface area contributed by atoms with Gasteiger partial charge in [0.2, 0.25) is 0 Å². The minimum Gasteiger partial charge on any atom is -0.325 e. The molecule has 1 aliphatic rings. The third kappa shape index (κ3) is 4.06. The van der Waals surface area contributed by atoms with E-state index in [2.05, 4.69) is 9.97 Å². The molecular formula is C13H15ClF3N3O. The minimum atomic E-state index is -4.45. The van der Waals surface area contributed by atoms with Crippen LogP contribution in [0.15, 0.2) is 6.20 Å². The van der Waals surface area contributed by atoms with Crippen LogP contribution in [-0.4, -0.2) is 39.5 Å². The van der Waals surface area contributed by atoms with E-state index in [0.717, 1.165) is 4.90 Å². The highest BCUT2D eigenvalue weighted by Crippen LogP contribution is 2.32. The van der Waals surface area contributed by atoms with Gasteiger partial charge in [0.25, 0.3) is 5.91 Å². The topological polar surface area (TPSA) is 46.1 Å². The Bertz CT molecular complexity index is 544. The smallest absolute Gasteiger partial charge is 0.325 e. The Morgan fingerprint density at radius 1 is 1.48 bits per heavy atom. The first-order valence-electron chi connectivity index (χ1n) is 6.59. The van der Waals surface area contributed by atoms with Gasteiger partial charge in [-0.05, 0) is 12.8 Å². The fraction of sp³-hybridized carbons (Fsp3) is 0.615. The van der Waals surface area contributed by atoms with Crippen LogP contribution >= 0.6 is 11.6 Å². The second kappa shape index (κ2) is 5.79. The van der Waals surface area contributed by atoms with E-state index < -0.39 is 18.6 Å². The van der Waals surface area contributed by atoms with E-state index in [1.807, 2.05) is 13.8 Å². The quantitative estimate of drug-likeness (QED) is 0.853. The van der Waals surface area contributed by atoms with E-state index in [0.29, 0.717) is 18.7 Å². The summed E-state index contributed by atoms with van der Waals surface area (Å²) >= 11 is 5.88. The van der Waals surface area contributed by atoms with Crippen molar-refractivity contribution in [2.75, 3.05) is 6.54 Å². The largest absolute Gasteiger partial charge is 0.406 e. The van der Waals surface area contributed by atoms with Gasteiger partial charge in [0, 0.05) is 12.0 Å². The molecule has 1 aliphatic carbocycles. The van der Waals surface area contributed by atoms with Gasteiger partial charge in [0.15, 0.2) is 5.69 Å². The summed E-state index contributed by atoms with van der Waals surface area (Å²) in [6.45, 7) is 2.37. The molecule has 0 spiro atoms. The number of hydrogen-bond acceptors (Lipinski definition) is 3. The van der Waals surface area contributed by atoms with Crippen molar-refractivity contribution in [3.05, 3.63) is 22.7 Å². The fourth-order valence-corrected chi connectivity index (χ4v) is 2.06. The molecule has 0 saturated heterocycles. The van der Waals surface area contributed by atoms with Crippen LogP contribution in [0.3, 0.4) is 0 Å². The number of hydrogen-bond donors (Lipinski definition) is 0. The van der Waals surface area contributed by atoms with Gasteiger partial charge in [0.1, 0.15) is 12.4 Å². The molecule has 0 aliphatic heterocycles. The summed E-state index contributed by atoms with van der Waals surface area (Å²) in [5.74, 6) is -0.458. The lowest BCUT2D eigenvalue weighted by Crippen LogP contribution is -2.41. The molecule has 21 heavy (non-hydrogen) atoms. The molecule has 1 heterocycles. The van der Waals surface area contributed by atoms with Crippen molar-refractivity contribution >= 4 is 17.5 Å². The number of carbonyl (C=O) groups is 1. The number of carbonyl (C=O) groups excluding carboxylic acids is 1. The lowest BCUT2D eigenvalue weighted by atomic mass is 10.2. The Labute approximate surface area is 125 Å². The van der Waals surface area contributed by atoms with Gasteiger partial charge in [-0.25, -0.2) is 9.97 Å². The predicted molar refractivity (Wildman–Crippen MR) is 71.2 cm³/mol. The Kier molecular flexibility index (Phi) is 4.41. The second-order valence-corrected chi connectivity index (χ2v) is 5.77. The third-order valence-corrected chi connectivity index (χ3v) is 3.36. The highest BCUT2D eigenvalue weighted by molar-refractivity contribution is 6.33. The third-order valence-electron chi connectivity index (χ3n) is 3.08. The average Bonchev–Trinajstić information content (AvgIpc) is 3.18. The van der Waals surface area contributed by atoms with Crippen LogP contribution in [0.25, 0.3) is 0 Å². The van der Waals surface area contributed by atoms with Crippen LogP contribution in [-0.2, 0) is 0 Å². The van der Waals surface area contributed by atoms with Gasteiger partial charge in [-0.15, -0.1) is 0 Å². The zero-order valence-corrected chi connectivity index (χ0v) is 12.4.